The van der Waals surface area contributed by atoms with Crippen LogP contribution in [0.1, 0.15) is 0 Å². The van der Waals surface area contributed by atoms with E-state index in [9.17, 15) is 4.79 Å². The van der Waals surface area contributed by atoms with E-state index >= 15 is 0 Å². The van der Waals surface area contributed by atoms with Gasteiger partial charge in [0.25, 0.3) is 0 Å². The number of amides is 1. The molecule has 0 aromatic heterocycles. The van der Waals surface area contributed by atoms with Crippen molar-refractivity contribution in [2.75, 3.05) is 31.1 Å². The number of hydrogen-bond acceptors (Lipinski definition) is 4. The van der Waals surface area contributed by atoms with Crippen molar-refractivity contribution in [3.05, 3.63) is 60.7 Å². The van der Waals surface area contributed by atoms with E-state index in [1.165, 1.54) is 0 Å². The SMILES string of the molecule is Cl.O=C(Oc1ccccc1)N(CC1CNCCO1)c1ccccc1. The van der Waals surface area contributed by atoms with Crippen molar-refractivity contribution in [3.63, 3.8) is 0 Å². The highest BCUT2D eigenvalue weighted by Crippen LogP contribution is 2.18. The van der Waals surface area contributed by atoms with Crippen LogP contribution in [0.4, 0.5) is 10.5 Å². The van der Waals surface area contributed by atoms with Crippen LogP contribution in [0, 0.1) is 0 Å². The van der Waals surface area contributed by atoms with E-state index in [0.717, 1.165) is 18.8 Å². The molecule has 24 heavy (non-hydrogen) atoms. The summed E-state index contributed by atoms with van der Waals surface area (Å²) in [5.74, 6) is 0.529. The van der Waals surface area contributed by atoms with E-state index in [1.54, 1.807) is 17.0 Å². The van der Waals surface area contributed by atoms with E-state index in [0.29, 0.717) is 18.9 Å². The predicted molar refractivity (Wildman–Crippen MR) is 96.1 cm³/mol. The maximum Gasteiger partial charge on any atom is 0.419 e. The molecule has 0 spiro atoms. The summed E-state index contributed by atoms with van der Waals surface area (Å²) in [4.78, 5) is 14.2. The molecule has 1 heterocycles. The van der Waals surface area contributed by atoms with Crippen LogP contribution in [0.2, 0.25) is 0 Å². The highest BCUT2D eigenvalue weighted by molar-refractivity contribution is 5.89. The van der Waals surface area contributed by atoms with Gasteiger partial charge < -0.3 is 14.8 Å². The largest absolute Gasteiger partial charge is 0.419 e. The number of halogens is 1. The third kappa shape index (κ3) is 4.96. The van der Waals surface area contributed by atoms with Crippen LogP contribution < -0.4 is 15.0 Å². The number of morpholine rings is 1. The fourth-order valence-corrected chi connectivity index (χ4v) is 2.48. The molecule has 1 aliphatic rings. The molecule has 1 unspecified atom stereocenters. The monoisotopic (exact) mass is 348 g/mol. The van der Waals surface area contributed by atoms with Crippen LogP contribution in [0.5, 0.6) is 5.75 Å². The number of rotatable bonds is 4. The molecule has 1 fully saturated rings. The molecule has 2 aromatic rings. The topological polar surface area (TPSA) is 50.8 Å². The van der Waals surface area contributed by atoms with Gasteiger partial charge in [-0.15, -0.1) is 12.4 Å². The zero-order valence-electron chi connectivity index (χ0n) is 13.3. The van der Waals surface area contributed by atoms with Crippen LogP contribution in [-0.4, -0.2) is 38.4 Å². The van der Waals surface area contributed by atoms with E-state index in [1.807, 2.05) is 48.5 Å². The number of hydrogen-bond donors (Lipinski definition) is 1. The zero-order chi connectivity index (χ0) is 15.9. The lowest BCUT2D eigenvalue weighted by Gasteiger charge is -2.29. The molecule has 1 N–H and O–H groups in total. The molecule has 1 saturated heterocycles. The summed E-state index contributed by atoms with van der Waals surface area (Å²) in [6, 6.07) is 18.6. The average Bonchev–Trinajstić information content (AvgIpc) is 2.62. The number of anilines is 1. The zero-order valence-corrected chi connectivity index (χ0v) is 14.1. The summed E-state index contributed by atoms with van der Waals surface area (Å²) in [6.07, 6.45) is -0.455. The number of carbonyl (C=O) groups excluding carboxylic acids is 1. The van der Waals surface area contributed by atoms with Gasteiger partial charge in [0.15, 0.2) is 0 Å². The van der Waals surface area contributed by atoms with Crippen LogP contribution in [0.25, 0.3) is 0 Å². The van der Waals surface area contributed by atoms with Crippen LogP contribution in [0.15, 0.2) is 60.7 Å². The molecule has 2 aromatic carbocycles. The minimum absolute atomic E-state index is 0. The van der Waals surface area contributed by atoms with Crippen molar-refractivity contribution in [1.29, 1.82) is 0 Å². The smallest absolute Gasteiger partial charge is 0.410 e. The van der Waals surface area contributed by atoms with Crippen molar-refractivity contribution >= 4 is 24.2 Å². The number of carbonyl (C=O) groups is 1. The minimum atomic E-state index is -0.406. The number of nitrogens with zero attached hydrogens (tertiary/aromatic N) is 1. The third-order valence-corrected chi connectivity index (χ3v) is 3.63. The standard InChI is InChI=1S/C18H20N2O3.ClH/c21-18(23-16-9-5-2-6-10-16)20(15-7-3-1-4-8-15)14-17-13-19-11-12-22-17;/h1-10,17,19H,11-14H2;1H. The summed E-state index contributed by atoms with van der Waals surface area (Å²) in [5.41, 5.74) is 0.794. The fraction of sp³-hybridized carbons (Fsp3) is 0.278. The van der Waals surface area contributed by atoms with Crippen molar-refractivity contribution in [2.45, 2.75) is 6.10 Å². The molecule has 128 valence electrons. The predicted octanol–water partition coefficient (Wildman–Crippen LogP) is 3.10. The lowest BCUT2D eigenvalue weighted by Crippen LogP contribution is -2.47. The molecule has 6 heteroatoms. The van der Waals surface area contributed by atoms with E-state index in [4.69, 9.17) is 9.47 Å². The molecular formula is C18H21ClN2O3. The van der Waals surface area contributed by atoms with Gasteiger partial charge in [0.2, 0.25) is 0 Å². The van der Waals surface area contributed by atoms with Crippen LogP contribution in [0.3, 0.4) is 0 Å². The fourth-order valence-electron chi connectivity index (χ4n) is 2.48. The first-order valence-electron chi connectivity index (χ1n) is 7.75. The highest BCUT2D eigenvalue weighted by atomic mass is 35.5. The van der Waals surface area contributed by atoms with Gasteiger partial charge in [0, 0.05) is 18.8 Å². The molecule has 0 bridgehead atoms. The first-order valence-corrected chi connectivity index (χ1v) is 7.75. The Bertz CT molecular complexity index is 619. The van der Waals surface area contributed by atoms with Gasteiger partial charge in [-0.3, -0.25) is 4.90 Å². The Hall–Kier alpha value is -2.08. The van der Waals surface area contributed by atoms with Gasteiger partial charge in [-0.25, -0.2) is 4.79 Å². The third-order valence-electron chi connectivity index (χ3n) is 3.63. The second-order valence-electron chi connectivity index (χ2n) is 5.32. The lowest BCUT2D eigenvalue weighted by atomic mass is 10.2. The summed E-state index contributed by atoms with van der Waals surface area (Å²) in [6.45, 7) is 2.67. The molecule has 5 nitrogen and oxygen atoms in total. The Kier molecular flexibility index (Phi) is 7.06. The summed E-state index contributed by atoms with van der Waals surface area (Å²) >= 11 is 0. The second kappa shape index (κ2) is 9.27. The Labute approximate surface area is 148 Å². The summed E-state index contributed by atoms with van der Waals surface area (Å²) in [7, 11) is 0. The Morgan fingerprint density at radius 1 is 1.12 bits per heavy atom. The highest BCUT2D eigenvalue weighted by Gasteiger charge is 2.24. The van der Waals surface area contributed by atoms with E-state index in [-0.39, 0.29) is 18.5 Å². The Balaban J connectivity index is 0.00000208. The van der Waals surface area contributed by atoms with Crippen molar-refractivity contribution in [1.82, 2.24) is 5.32 Å². The number of benzene rings is 2. The molecule has 0 saturated carbocycles. The first-order chi connectivity index (χ1) is 11.3. The first kappa shape index (κ1) is 18.3. The minimum Gasteiger partial charge on any atom is -0.410 e. The van der Waals surface area contributed by atoms with Crippen molar-refractivity contribution < 1.29 is 14.3 Å². The van der Waals surface area contributed by atoms with E-state index in [2.05, 4.69) is 5.32 Å². The quantitative estimate of drug-likeness (QED) is 0.922. The van der Waals surface area contributed by atoms with Crippen molar-refractivity contribution in [3.8, 4) is 5.75 Å². The van der Waals surface area contributed by atoms with Gasteiger partial charge in [0.1, 0.15) is 5.75 Å². The van der Waals surface area contributed by atoms with Gasteiger partial charge in [0.05, 0.1) is 19.3 Å². The average molecular weight is 349 g/mol. The molecule has 1 aliphatic heterocycles. The molecular weight excluding hydrogens is 328 g/mol. The summed E-state index contributed by atoms with van der Waals surface area (Å²) < 4.78 is 11.2. The van der Waals surface area contributed by atoms with Crippen LogP contribution >= 0.6 is 12.4 Å². The Morgan fingerprint density at radius 3 is 2.42 bits per heavy atom. The number of para-hydroxylation sites is 2. The maximum atomic E-state index is 12.6. The molecule has 0 aliphatic carbocycles. The molecule has 3 rings (SSSR count). The van der Waals surface area contributed by atoms with Gasteiger partial charge in [-0.1, -0.05) is 36.4 Å². The van der Waals surface area contributed by atoms with Gasteiger partial charge in [-0.2, -0.15) is 0 Å². The van der Waals surface area contributed by atoms with Gasteiger partial charge in [-0.05, 0) is 24.3 Å². The lowest BCUT2D eigenvalue weighted by molar-refractivity contribution is 0.0335. The van der Waals surface area contributed by atoms with Crippen LogP contribution in [-0.2, 0) is 4.74 Å². The second-order valence-corrected chi connectivity index (χ2v) is 5.32. The number of ether oxygens (including phenoxy) is 2. The Morgan fingerprint density at radius 2 is 1.79 bits per heavy atom. The molecule has 0 radical (unpaired) electrons. The molecule has 1 amide bonds. The number of nitrogens with one attached hydrogen (secondary N) is 1. The van der Waals surface area contributed by atoms with Crippen molar-refractivity contribution in [2.24, 2.45) is 0 Å². The van der Waals surface area contributed by atoms with Gasteiger partial charge >= 0.3 is 6.09 Å². The summed E-state index contributed by atoms with van der Waals surface area (Å²) in [5, 5.41) is 3.28. The van der Waals surface area contributed by atoms with E-state index < -0.39 is 6.09 Å². The normalized spacial score (nSPS) is 16.8. The maximum absolute atomic E-state index is 12.6. The molecule has 1 atom stereocenters.